The molecule has 1 unspecified atom stereocenters. The van der Waals surface area contributed by atoms with Gasteiger partial charge in [-0.25, -0.2) is 0 Å². The molecule has 3 saturated carbocycles. The molecule has 0 aromatic heterocycles. The van der Waals surface area contributed by atoms with Crippen LogP contribution in [0.4, 0.5) is 0 Å². The molecule has 0 spiro atoms. The molecule has 4 rings (SSSR count). The van der Waals surface area contributed by atoms with E-state index in [0.29, 0.717) is 10.8 Å². The zero-order chi connectivity index (χ0) is 29.2. The molecule has 0 aromatic rings. The number of rotatable bonds is 15. The van der Waals surface area contributed by atoms with Crippen molar-refractivity contribution in [3.05, 3.63) is 24.3 Å². The van der Waals surface area contributed by atoms with E-state index in [1.165, 1.54) is 128 Å². The van der Waals surface area contributed by atoms with Gasteiger partial charge in [-0.1, -0.05) is 137 Å². The Hall–Kier alpha value is -0.520. The van der Waals surface area contributed by atoms with Gasteiger partial charge in [0, 0.05) is 0 Å². The molecule has 3 fully saturated rings. The minimum absolute atomic E-state index is 0.515. The van der Waals surface area contributed by atoms with Crippen molar-refractivity contribution in [3.8, 4) is 0 Å². The predicted molar refractivity (Wildman–Crippen MR) is 180 cm³/mol. The predicted octanol–water partition coefficient (Wildman–Crippen LogP) is 13.4. The van der Waals surface area contributed by atoms with Gasteiger partial charge in [-0.3, -0.25) is 0 Å². The van der Waals surface area contributed by atoms with Gasteiger partial charge in [0.2, 0.25) is 0 Å². The average Bonchev–Trinajstić information content (AvgIpc) is 3.31. The van der Waals surface area contributed by atoms with Crippen LogP contribution in [0.1, 0.15) is 177 Å². The molecule has 0 nitrogen and oxygen atoms in total. The van der Waals surface area contributed by atoms with Crippen molar-refractivity contribution in [1.82, 2.24) is 0 Å². The van der Waals surface area contributed by atoms with Gasteiger partial charge >= 0.3 is 0 Å². The van der Waals surface area contributed by atoms with Gasteiger partial charge in [0.25, 0.3) is 0 Å². The molecular weight excluding hydrogens is 480 g/mol. The monoisotopic (exact) mass is 553 g/mol. The number of fused-ring (bicyclic) bond motifs is 5. The Morgan fingerprint density at radius 1 is 0.825 bits per heavy atom. The topological polar surface area (TPSA) is 0 Å². The highest BCUT2D eigenvalue weighted by Gasteiger charge is 2.59. The molecule has 8 atom stereocenters. The largest absolute Gasteiger partial charge is 0.103 e. The lowest BCUT2D eigenvalue weighted by atomic mass is 9.46. The Balaban J connectivity index is 0.00000216. The quantitative estimate of drug-likeness (QED) is 0.140. The molecule has 4 aliphatic carbocycles. The standard InChI is InChI=1S/C38H66.C2H6/c1-7-9-10-11-12-13-14-15-16-17-18-19-30(8-2)34-22-23-35-33-21-20-32-28-31(29(3)4)24-26-37(32,5)36(33)25-27-38(34,35)6;1-2/h8,20,29-31,33-36H,2,7,9-19,21-28H2,1,3-6H3;1-2H3/t30-,31+,33?,34-,35+,36+,37+,38-;/m1./s1. The zero-order valence-electron chi connectivity index (χ0n) is 28.5. The SMILES string of the molecule is C=C[C@H](CCCCCCCCCCCCC)[C@H]1CC[C@H]2C3CC=C4C[C@@H](C(C)C)CC[C@]4(C)[C@H]3CC[C@]12C.CC. The smallest absolute Gasteiger partial charge is 0.00851 e. The third-order valence-corrected chi connectivity index (χ3v) is 13.1. The molecular formula is C40H72. The van der Waals surface area contributed by atoms with E-state index in [2.05, 4.69) is 53.3 Å². The van der Waals surface area contributed by atoms with Crippen molar-refractivity contribution in [2.75, 3.05) is 0 Å². The molecule has 0 heteroatoms. The van der Waals surface area contributed by atoms with Gasteiger partial charge in [-0.05, 0) is 110 Å². The summed E-state index contributed by atoms with van der Waals surface area (Å²) in [5.41, 5.74) is 2.96. The fourth-order valence-corrected chi connectivity index (χ4v) is 10.5. The lowest BCUT2D eigenvalue weighted by molar-refractivity contribution is -0.0518. The lowest BCUT2D eigenvalue weighted by Crippen LogP contribution is -2.50. The van der Waals surface area contributed by atoms with Crippen molar-refractivity contribution in [1.29, 1.82) is 0 Å². The van der Waals surface area contributed by atoms with E-state index in [-0.39, 0.29) is 0 Å². The Morgan fingerprint density at radius 2 is 1.45 bits per heavy atom. The first-order chi connectivity index (χ1) is 19.3. The van der Waals surface area contributed by atoms with Gasteiger partial charge in [0.1, 0.15) is 0 Å². The number of hydrogen-bond donors (Lipinski definition) is 0. The first-order valence-corrected chi connectivity index (χ1v) is 18.7. The third kappa shape index (κ3) is 7.70. The van der Waals surface area contributed by atoms with E-state index in [9.17, 15) is 0 Å². The van der Waals surface area contributed by atoms with Crippen LogP contribution in [-0.4, -0.2) is 0 Å². The Labute approximate surface area is 253 Å². The summed E-state index contributed by atoms with van der Waals surface area (Å²) >= 11 is 0. The Bertz CT molecular complexity index is 758. The van der Waals surface area contributed by atoms with E-state index in [4.69, 9.17) is 0 Å². The van der Waals surface area contributed by atoms with Crippen LogP contribution in [0, 0.1) is 52.3 Å². The number of hydrogen-bond acceptors (Lipinski definition) is 0. The molecule has 0 aromatic carbocycles. The Kier molecular flexibility index (Phi) is 13.9. The second-order valence-corrected chi connectivity index (χ2v) is 15.5. The summed E-state index contributed by atoms with van der Waals surface area (Å²) in [6.07, 6.45) is 34.2. The lowest BCUT2D eigenvalue weighted by Gasteiger charge is -2.59. The summed E-state index contributed by atoms with van der Waals surface area (Å²) in [5.74, 6) is 6.30. The minimum atomic E-state index is 0.515. The molecule has 0 N–H and O–H groups in total. The van der Waals surface area contributed by atoms with Gasteiger partial charge in [-0.2, -0.15) is 0 Å². The second kappa shape index (κ2) is 16.4. The van der Waals surface area contributed by atoms with E-state index < -0.39 is 0 Å². The molecule has 0 bridgehead atoms. The number of allylic oxidation sites excluding steroid dienone is 3. The van der Waals surface area contributed by atoms with Crippen LogP contribution in [0.2, 0.25) is 0 Å². The second-order valence-electron chi connectivity index (χ2n) is 15.5. The van der Waals surface area contributed by atoms with Gasteiger partial charge < -0.3 is 0 Å². The highest BCUT2D eigenvalue weighted by molar-refractivity contribution is 5.25. The molecule has 0 radical (unpaired) electrons. The fourth-order valence-electron chi connectivity index (χ4n) is 10.5. The molecule has 40 heavy (non-hydrogen) atoms. The molecule has 4 aliphatic rings. The minimum Gasteiger partial charge on any atom is -0.103 e. The van der Waals surface area contributed by atoms with Crippen LogP contribution in [0.5, 0.6) is 0 Å². The van der Waals surface area contributed by atoms with Crippen LogP contribution in [0.3, 0.4) is 0 Å². The van der Waals surface area contributed by atoms with E-state index in [0.717, 1.165) is 41.4 Å². The normalized spacial score (nSPS) is 35.6. The van der Waals surface area contributed by atoms with Crippen molar-refractivity contribution < 1.29 is 0 Å². The summed E-state index contributed by atoms with van der Waals surface area (Å²) < 4.78 is 0. The maximum absolute atomic E-state index is 4.40. The molecule has 0 amide bonds. The molecule has 232 valence electrons. The van der Waals surface area contributed by atoms with E-state index in [1.54, 1.807) is 0 Å². The van der Waals surface area contributed by atoms with Crippen molar-refractivity contribution in [3.63, 3.8) is 0 Å². The van der Waals surface area contributed by atoms with Crippen LogP contribution in [0.15, 0.2) is 24.3 Å². The number of unbranched alkanes of at least 4 members (excludes halogenated alkanes) is 10. The fraction of sp³-hybridized carbons (Fsp3) is 0.900. The first-order valence-electron chi connectivity index (χ1n) is 18.7. The summed E-state index contributed by atoms with van der Waals surface area (Å²) in [4.78, 5) is 0. The summed E-state index contributed by atoms with van der Waals surface area (Å²) in [6, 6.07) is 0. The van der Waals surface area contributed by atoms with Gasteiger partial charge in [0.15, 0.2) is 0 Å². The van der Waals surface area contributed by atoms with E-state index >= 15 is 0 Å². The molecule has 0 saturated heterocycles. The summed E-state index contributed by atoms with van der Waals surface area (Å²) in [7, 11) is 0. The molecule has 0 aliphatic heterocycles. The first kappa shape index (κ1) is 34.0. The highest BCUT2D eigenvalue weighted by Crippen LogP contribution is 2.67. The van der Waals surface area contributed by atoms with Crippen LogP contribution in [-0.2, 0) is 0 Å². The van der Waals surface area contributed by atoms with Crippen molar-refractivity contribution in [2.45, 2.75) is 177 Å². The van der Waals surface area contributed by atoms with Crippen molar-refractivity contribution >= 4 is 0 Å². The highest BCUT2D eigenvalue weighted by atomic mass is 14.6. The average molecular weight is 553 g/mol. The van der Waals surface area contributed by atoms with Gasteiger partial charge in [-0.15, -0.1) is 6.58 Å². The van der Waals surface area contributed by atoms with Crippen LogP contribution >= 0.6 is 0 Å². The maximum Gasteiger partial charge on any atom is -0.00851 e. The summed E-state index contributed by atoms with van der Waals surface area (Å²) in [5, 5.41) is 0. The Morgan fingerprint density at radius 3 is 2.05 bits per heavy atom. The molecule has 0 heterocycles. The maximum atomic E-state index is 4.40. The van der Waals surface area contributed by atoms with Crippen LogP contribution in [0.25, 0.3) is 0 Å². The van der Waals surface area contributed by atoms with E-state index in [1.807, 2.05) is 19.4 Å². The van der Waals surface area contributed by atoms with Crippen molar-refractivity contribution in [2.24, 2.45) is 52.3 Å². The van der Waals surface area contributed by atoms with Gasteiger partial charge in [0.05, 0.1) is 0 Å². The zero-order valence-corrected chi connectivity index (χ0v) is 28.5. The summed E-state index contributed by atoms with van der Waals surface area (Å²) in [6.45, 7) is 21.1. The third-order valence-electron chi connectivity index (χ3n) is 13.1. The van der Waals surface area contributed by atoms with Crippen LogP contribution < -0.4 is 0 Å².